The van der Waals surface area contributed by atoms with E-state index in [1.165, 1.54) is 6.42 Å². The Bertz CT molecular complexity index is 269. The van der Waals surface area contributed by atoms with Crippen molar-refractivity contribution in [1.29, 1.82) is 0 Å². The molecule has 2 heteroatoms. The summed E-state index contributed by atoms with van der Waals surface area (Å²) in [5.74, 6) is 2.06. The SMILES string of the molecule is C[C@@]1(O)C[C@H]2[C@H]([C@H]3C=C[C@@H]2C3)[C@@H]1O. The molecule has 2 nitrogen and oxygen atoms in total. The van der Waals surface area contributed by atoms with Gasteiger partial charge in [0.15, 0.2) is 0 Å². The molecule has 0 aliphatic heterocycles. The monoisotopic (exact) mass is 180 g/mol. The van der Waals surface area contributed by atoms with Gasteiger partial charge >= 0.3 is 0 Å². The number of hydrogen-bond donors (Lipinski definition) is 2. The molecule has 0 heterocycles. The summed E-state index contributed by atoms with van der Waals surface area (Å²) in [7, 11) is 0. The molecule has 0 unspecified atom stereocenters. The molecule has 0 radical (unpaired) electrons. The topological polar surface area (TPSA) is 40.5 Å². The van der Waals surface area contributed by atoms with Crippen LogP contribution in [0.25, 0.3) is 0 Å². The molecule has 2 saturated carbocycles. The molecule has 3 rings (SSSR count). The first-order chi connectivity index (χ1) is 6.09. The summed E-state index contributed by atoms with van der Waals surface area (Å²) in [5.41, 5.74) is -0.835. The van der Waals surface area contributed by atoms with Gasteiger partial charge in [0.25, 0.3) is 0 Å². The Kier molecular flexibility index (Phi) is 1.34. The molecule has 0 amide bonds. The first-order valence-corrected chi connectivity index (χ1v) is 5.18. The number of fused-ring (bicyclic) bond motifs is 5. The Morgan fingerprint density at radius 3 is 2.69 bits per heavy atom. The van der Waals surface area contributed by atoms with E-state index in [1.807, 2.05) is 0 Å². The van der Waals surface area contributed by atoms with Crippen LogP contribution in [-0.4, -0.2) is 21.9 Å². The summed E-state index contributed by atoms with van der Waals surface area (Å²) in [4.78, 5) is 0. The third-order valence-electron chi connectivity index (χ3n) is 4.34. The quantitative estimate of drug-likeness (QED) is 0.545. The highest BCUT2D eigenvalue weighted by atomic mass is 16.3. The molecule has 2 fully saturated rings. The average molecular weight is 180 g/mol. The van der Waals surface area contributed by atoms with Gasteiger partial charge in [-0.05, 0) is 43.4 Å². The van der Waals surface area contributed by atoms with Crippen molar-refractivity contribution in [3.8, 4) is 0 Å². The smallest absolute Gasteiger partial charge is 0.0883 e. The van der Waals surface area contributed by atoms with Crippen molar-refractivity contribution in [3.63, 3.8) is 0 Å². The first kappa shape index (κ1) is 8.01. The summed E-state index contributed by atoms with van der Waals surface area (Å²) in [6.45, 7) is 1.77. The number of aliphatic hydroxyl groups excluding tert-OH is 1. The van der Waals surface area contributed by atoms with E-state index in [0.717, 1.165) is 6.42 Å². The van der Waals surface area contributed by atoms with E-state index in [-0.39, 0.29) is 0 Å². The minimum atomic E-state index is -0.835. The lowest BCUT2D eigenvalue weighted by atomic mass is 9.85. The highest BCUT2D eigenvalue weighted by Gasteiger charge is 2.58. The van der Waals surface area contributed by atoms with Gasteiger partial charge in [-0.2, -0.15) is 0 Å². The van der Waals surface area contributed by atoms with Crippen LogP contribution in [0.15, 0.2) is 12.2 Å². The van der Waals surface area contributed by atoms with Crippen molar-refractivity contribution < 1.29 is 10.2 Å². The van der Waals surface area contributed by atoms with Gasteiger partial charge in [0, 0.05) is 0 Å². The standard InChI is InChI=1S/C11H16O2/c1-11(13)5-8-6-2-3-7(4-6)9(8)10(11)12/h2-3,6-10,12-13H,4-5H2,1H3/t6-,7+,8-,9+,10+,11-/m1/s1. The highest BCUT2D eigenvalue weighted by Crippen LogP contribution is 2.57. The largest absolute Gasteiger partial charge is 0.390 e. The average Bonchev–Trinajstić information content (AvgIpc) is 2.65. The Morgan fingerprint density at radius 2 is 2.00 bits per heavy atom. The highest BCUT2D eigenvalue weighted by molar-refractivity contribution is 5.20. The molecule has 0 aromatic rings. The van der Waals surface area contributed by atoms with E-state index in [1.54, 1.807) is 6.92 Å². The molecule has 3 aliphatic carbocycles. The molecule has 72 valence electrons. The first-order valence-electron chi connectivity index (χ1n) is 5.18. The maximum Gasteiger partial charge on any atom is 0.0883 e. The van der Waals surface area contributed by atoms with Crippen molar-refractivity contribution in [1.82, 2.24) is 0 Å². The second-order valence-electron chi connectivity index (χ2n) is 5.20. The molecule has 13 heavy (non-hydrogen) atoms. The minimum Gasteiger partial charge on any atom is -0.390 e. The molecule has 0 spiro atoms. The second-order valence-corrected chi connectivity index (χ2v) is 5.20. The summed E-state index contributed by atoms with van der Waals surface area (Å²) >= 11 is 0. The fraction of sp³-hybridized carbons (Fsp3) is 0.818. The van der Waals surface area contributed by atoms with Crippen molar-refractivity contribution in [2.45, 2.75) is 31.5 Å². The van der Waals surface area contributed by atoms with Crippen molar-refractivity contribution in [3.05, 3.63) is 12.2 Å². The van der Waals surface area contributed by atoms with Gasteiger partial charge in [0.2, 0.25) is 0 Å². The van der Waals surface area contributed by atoms with Crippen LogP contribution in [0.4, 0.5) is 0 Å². The lowest BCUT2D eigenvalue weighted by Gasteiger charge is -2.26. The van der Waals surface area contributed by atoms with Crippen LogP contribution in [0.1, 0.15) is 19.8 Å². The predicted octanol–water partition coefficient (Wildman–Crippen LogP) is 0.940. The molecule has 6 atom stereocenters. The molecule has 3 aliphatic rings. The fourth-order valence-electron chi connectivity index (χ4n) is 3.73. The van der Waals surface area contributed by atoms with Crippen molar-refractivity contribution in [2.75, 3.05) is 0 Å². The second kappa shape index (κ2) is 2.18. The molecular weight excluding hydrogens is 164 g/mol. The van der Waals surface area contributed by atoms with Crippen LogP contribution < -0.4 is 0 Å². The normalized spacial score (nSPS) is 63.2. The van der Waals surface area contributed by atoms with Crippen molar-refractivity contribution >= 4 is 0 Å². The van der Waals surface area contributed by atoms with Crippen LogP contribution in [0.2, 0.25) is 0 Å². The van der Waals surface area contributed by atoms with Crippen LogP contribution in [0, 0.1) is 23.7 Å². The Balaban J connectivity index is 1.96. The van der Waals surface area contributed by atoms with E-state index in [2.05, 4.69) is 12.2 Å². The van der Waals surface area contributed by atoms with Gasteiger partial charge in [0.05, 0.1) is 11.7 Å². The van der Waals surface area contributed by atoms with Gasteiger partial charge in [0.1, 0.15) is 0 Å². The Hall–Kier alpha value is -0.340. The van der Waals surface area contributed by atoms with Gasteiger partial charge < -0.3 is 10.2 Å². The van der Waals surface area contributed by atoms with Crippen LogP contribution >= 0.6 is 0 Å². The number of allylic oxidation sites excluding steroid dienone is 2. The van der Waals surface area contributed by atoms with Gasteiger partial charge in [-0.1, -0.05) is 12.2 Å². The van der Waals surface area contributed by atoms with Gasteiger partial charge in [-0.15, -0.1) is 0 Å². The Labute approximate surface area is 78.3 Å². The lowest BCUT2D eigenvalue weighted by Crippen LogP contribution is -2.38. The minimum absolute atomic E-state index is 0.338. The molecule has 0 aromatic heterocycles. The zero-order valence-electron chi connectivity index (χ0n) is 7.85. The Morgan fingerprint density at radius 1 is 1.31 bits per heavy atom. The van der Waals surface area contributed by atoms with E-state index in [0.29, 0.717) is 23.7 Å². The predicted molar refractivity (Wildman–Crippen MR) is 49.0 cm³/mol. The summed E-state index contributed by atoms with van der Waals surface area (Å²) in [6.07, 6.45) is 6.00. The molecule has 2 N–H and O–H groups in total. The van der Waals surface area contributed by atoms with Crippen molar-refractivity contribution in [2.24, 2.45) is 23.7 Å². The summed E-state index contributed by atoms with van der Waals surface area (Å²) in [5, 5.41) is 19.9. The lowest BCUT2D eigenvalue weighted by molar-refractivity contribution is -0.0589. The number of aliphatic hydroxyl groups is 2. The van der Waals surface area contributed by atoms with E-state index in [9.17, 15) is 10.2 Å². The van der Waals surface area contributed by atoms with Crippen LogP contribution in [-0.2, 0) is 0 Å². The van der Waals surface area contributed by atoms with Crippen LogP contribution in [0.3, 0.4) is 0 Å². The van der Waals surface area contributed by atoms with Gasteiger partial charge in [-0.25, -0.2) is 0 Å². The zero-order valence-corrected chi connectivity index (χ0v) is 7.85. The summed E-state index contributed by atoms with van der Waals surface area (Å²) < 4.78 is 0. The number of rotatable bonds is 0. The maximum atomic E-state index is 9.97. The zero-order chi connectivity index (χ0) is 9.22. The molecular formula is C11H16O2. The van der Waals surface area contributed by atoms with E-state index >= 15 is 0 Å². The maximum absolute atomic E-state index is 9.97. The number of hydrogen-bond acceptors (Lipinski definition) is 2. The van der Waals surface area contributed by atoms with E-state index < -0.39 is 11.7 Å². The molecule has 2 bridgehead atoms. The molecule has 0 aromatic carbocycles. The third-order valence-corrected chi connectivity index (χ3v) is 4.34. The van der Waals surface area contributed by atoms with Gasteiger partial charge in [-0.3, -0.25) is 0 Å². The van der Waals surface area contributed by atoms with E-state index in [4.69, 9.17) is 0 Å². The molecule has 0 saturated heterocycles. The summed E-state index contributed by atoms with van der Waals surface area (Å²) in [6, 6.07) is 0. The fourth-order valence-corrected chi connectivity index (χ4v) is 3.73. The van der Waals surface area contributed by atoms with Crippen LogP contribution in [0.5, 0.6) is 0 Å². The third kappa shape index (κ3) is 0.856.